The third-order valence-corrected chi connectivity index (χ3v) is 3.56. The molecule has 1 aromatic carbocycles. The van der Waals surface area contributed by atoms with Gasteiger partial charge >= 0.3 is 12.1 Å². The number of fused-ring (bicyclic) bond motifs is 1. The monoisotopic (exact) mass is 338 g/mol. The average Bonchev–Trinajstić information content (AvgIpc) is 2.53. The maximum absolute atomic E-state index is 13.0. The first kappa shape index (κ1) is 16.2. The van der Waals surface area contributed by atoms with Crippen LogP contribution in [0.25, 0.3) is 6.08 Å². The normalized spacial score (nSPS) is 19.7. The first-order chi connectivity index (χ1) is 11.3. The van der Waals surface area contributed by atoms with Crippen molar-refractivity contribution in [1.29, 1.82) is 0 Å². The Kier molecular flexibility index (Phi) is 4.09. The molecule has 1 N–H and O–H groups in total. The fraction of sp³-hybridized carbons (Fsp3) is 0.235. The zero-order chi connectivity index (χ0) is 17.3. The number of carboxylic acids is 1. The van der Waals surface area contributed by atoms with E-state index in [1.807, 2.05) is 12.2 Å². The van der Waals surface area contributed by atoms with E-state index in [1.165, 1.54) is 12.1 Å². The molecule has 1 heterocycles. The summed E-state index contributed by atoms with van der Waals surface area (Å²) in [4.78, 5) is 11.1. The van der Waals surface area contributed by atoms with Crippen LogP contribution in [0.5, 0.6) is 11.5 Å². The second-order valence-corrected chi connectivity index (χ2v) is 5.33. The number of hydrogen-bond donors (Lipinski definition) is 1. The van der Waals surface area contributed by atoms with E-state index >= 15 is 0 Å². The van der Waals surface area contributed by atoms with Crippen molar-refractivity contribution < 1.29 is 32.5 Å². The predicted molar refractivity (Wildman–Crippen MR) is 79.6 cm³/mol. The van der Waals surface area contributed by atoms with E-state index in [9.17, 15) is 18.0 Å². The Labute approximate surface area is 135 Å². The molecule has 4 nitrogen and oxygen atoms in total. The largest absolute Gasteiger partial charge is 0.478 e. The summed E-state index contributed by atoms with van der Waals surface area (Å²) in [6, 6.07) is 4.34. The van der Waals surface area contributed by atoms with Crippen LogP contribution in [0.4, 0.5) is 13.2 Å². The van der Waals surface area contributed by atoms with Crippen LogP contribution in [0.1, 0.15) is 18.4 Å². The minimum atomic E-state index is -4.83. The summed E-state index contributed by atoms with van der Waals surface area (Å²) in [5.41, 5.74) is -0.588. The molecule has 24 heavy (non-hydrogen) atoms. The van der Waals surface area contributed by atoms with E-state index in [2.05, 4.69) is 0 Å². The minimum Gasteiger partial charge on any atom is -0.478 e. The fourth-order valence-electron chi connectivity index (χ4n) is 2.45. The summed E-state index contributed by atoms with van der Waals surface area (Å²) < 4.78 is 49.6. The van der Waals surface area contributed by atoms with Gasteiger partial charge in [0, 0.05) is 11.6 Å². The van der Waals surface area contributed by atoms with Gasteiger partial charge in [0.25, 0.3) is 0 Å². The molecule has 7 heteroatoms. The Balaban J connectivity index is 1.92. The van der Waals surface area contributed by atoms with Crippen LogP contribution in [0, 0.1) is 0 Å². The topological polar surface area (TPSA) is 55.8 Å². The number of allylic oxidation sites excluding steroid dienone is 3. The maximum atomic E-state index is 13.0. The van der Waals surface area contributed by atoms with Gasteiger partial charge < -0.3 is 14.6 Å². The second-order valence-electron chi connectivity index (χ2n) is 5.33. The highest BCUT2D eigenvalue weighted by molar-refractivity contribution is 5.95. The first-order valence-electron chi connectivity index (χ1n) is 7.21. The Morgan fingerprint density at radius 3 is 2.71 bits per heavy atom. The molecule has 0 saturated heterocycles. The van der Waals surface area contributed by atoms with Crippen LogP contribution >= 0.6 is 0 Å². The second kappa shape index (κ2) is 6.07. The van der Waals surface area contributed by atoms with Gasteiger partial charge in [-0.1, -0.05) is 6.08 Å². The van der Waals surface area contributed by atoms with Gasteiger partial charge in [0.2, 0.25) is 6.10 Å². The molecule has 1 unspecified atom stereocenters. The van der Waals surface area contributed by atoms with E-state index in [0.29, 0.717) is 11.5 Å². The van der Waals surface area contributed by atoms with Crippen molar-refractivity contribution in [3.05, 3.63) is 53.3 Å². The van der Waals surface area contributed by atoms with Crippen LogP contribution in [0.15, 0.2) is 47.8 Å². The lowest BCUT2D eigenvalue weighted by Crippen LogP contribution is -2.40. The third kappa shape index (κ3) is 3.29. The van der Waals surface area contributed by atoms with Crippen molar-refractivity contribution in [2.24, 2.45) is 0 Å². The molecular formula is C17H13F3O4. The van der Waals surface area contributed by atoms with Crippen molar-refractivity contribution >= 4 is 12.0 Å². The van der Waals surface area contributed by atoms with Gasteiger partial charge in [-0.3, -0.25) is 0 Å². The van der Waals surface area contributed by atoms with Crippen LogP contribution in [0.3, 0.4) is 0 Å². The van der Waals surface area contributed by atoms with Crippen LogP contribution < -0.4 is 9.47 Å². The highest BCUT2D eigenvalue weighted by atomic mass is 19.4. The molecule has 0 saturated carbocycles. The van der Waals surface area contributed by atoms with Crippen molar-refractivity contribution in [2.75, 3.05) is 0 Å². The summed E-state index contributed by atoms with van der Waals surface area (Å²) in [6.07, 6.45) is 0.977. The quantitative estimate of drug-likeness (QED) is 0.902. The van der Waals surface area contributed by atoms with Gasteiger partial charge in [-0.2, -0.15) is 13.2 Å². The molecule has 3 rings (SSSR count). The molecule has 0 bridgehead atoms. The zero-order valence-corrected chi connectivity index (χ0v) is 12.3. The lowest BCUT2D eigenvalue weighted by atomic mass is 10.0. The number of aliphatic carboxylic acids is 1. The Morgan fingerprint density at radius 2 is 2.08 bits per heavy atom. The number of benzene rings is 1. The van der Waals surface area contributed by atoms with Crippen LogP contribution in [-0.2, 0) is 4.79 Å². The molecule has 0 amide bonds. The van der Waals surface area contributed by atoms with Gasteiger partial charge in [-0.05, 0) is 43.2 Å². The summed E-state index contributed by atoms with van der Waals surface area (Å²) >= 11 is 0. The average molecular weight is 338 g/mol. The van der Waals surface area contributed by atoms with Gasteiger partial charge in [0.05, 0.1) is 5.57 Å². The van der Waals surface area contributed by atoms with Crippen molar-refractivity contribution in [3.8, 4) is 11.5 Å². The highest BCUT2D eigenvalue weighted by Crippen LogP contribution is 2.39. The Bertz CT molecular complexity index is 760. The molecule has 0 radical (unpaired) electrons. The molecule has 0 fully saturated rings. The number of hydrogen-bond acceptors (Lipinski definition) is 3. The zero-order valence-electron chi connectivity index (χ0n) is 12.3. The number of ether oxygens (including phenoxy) is 2. The number of halogens is 3. The number of rotatable bonds is 3. The fourth-order valence-corrected chi connectivity index (χ4v) is 2.45. The smallest absolute Gasteiger partial charge is 0.430 e. The van der Waals surface area contributed by atoms with Crippen molar-refractivity contribution in [2.45, 2.75) is 25.1 Å². The minimum absolute atomic E-state index is 0.0692. The van der Waals surface area contributed by atoms with E-state index in [-0.39, 0.29) is 11.3 Å². The highest BCUT2D eigenvalue weighted by Gasteiger charge is 2.48. The molecule has 0 aromatic heterocycles. The lowest BCUT2D eigenvalue weighted by Gasteiger charge is -2.27. The lowest BCUT2D eigenvalue weighted by molar-refractivity contribution is -0.187. The SMILES string of the molecule is O=C(O)C1=Cc2ccc(OC3=CCCC=C3)cc2OC1C(F)(F)F. The standard InChI is InChI=1S/C17H13F3O4/c18-17(19,20)15-13(16(21)22)8-10-6-7-12(9-14(10)24-15)23-11-4-2-1-3-5-11/h2,4-9,15H,1,3H2,(H,21,22). The predicted octanol–water partition coefficient (Wildman–Crippen LogP) is 4.09. The van der Waals surface area contributed by atoms with Gasteiger partial charge in [0.15, 0.2) is 0 Å². The van der Waals surface area contributed by atoms with E-state index in [4.69, 9.17) is 14.6 Å². The molecule has 0 spiro atoms. The number of alkyl halides is 3. The first-order valence-corrected chi connectivity index (χ1v) is 7.21. The van der Waals surface area contributed by atoms with Gasteiger partial charge in [-0.15, -0.1) is 0 Å². The third-order valence-electron chi connectivity index (χ3n) is 3.56. The molecule has 1 atom stereocenters. The van der Waals surface area contributed by atoms with E-state index in [0.717, 1.165) is 18.9 Å². The Morgan fingerprint density at radius 1 is 1.29 bits per heavy atom. The molecule has 1 aromatic rings. The Hall–Kier alpha value is -2.70. The van der Waals surface area contributed by atoms with Gasteiger partial charge in [-0.25, -0.2) is 4.79 Å². The molecule has 1 aliphatic heterocycles. The summed E-state index contributed by atoms with van der Waals surface area (Å²) in [7, 11) is 0. The van der Waals surface area contributed by atoms with Crippen molar-refractivity contribution in [3.63, 3.8) is 0 Å². The van der Waals surface area contributed by atoms with E-state index < -0.39 is 23.8 Å². The summed E-state index contributed by atoms with van der Waals surface area (Å²) in [5.74, 6) is -0.813. The van der Waals surface area contributed by atoms with E-state index in [1.54, 1.807) is 12.1 Å². The van der Waals surface area contributed by atoms with Crippen LogP contribution in [0.2, 0.25) is 0 Å². The molecular weight excluding hydrogens is 325 g/mol. The van der Waals surface area contributed by atoms with Crippen LogP contribution in [-0.4, -0.2) is 23.4 Å². The molecule has 126 valence electrons. The molecule has 1 aliphatic carbocycles. The number of carbonyl (C=O) groups is 1. The number of carboxylic acid groups (broad SMARTS) is 1. The maximum Gasteiger partial charge on any atom is 0.430 e. The van der Waals surface area contributed by atoms with Gasteiger partial charge in [0.1, 0.15) is 17.3 Å². The molecule has 2 aliphatic rings. The van der Waals surface area contributed by atoms with Crippen molar-refractivity contribution in [1.82, 2.24) is 0 Å². The summed E-state index contributed by atoms with van der Waals surface area (Å²) in [6.45, 7) is 0. The summed E-state index contributed by atoms with van der Waals surface area (Å²) in [5, 5.41) is 8.98.